The van der Waals surface area contributed by atoms with Crippen molar-refractivity contribution in [3.63, 3.8) is 0 Å². The highest BCUT2D eigenvalue weighted by atomic mass is 19.4. The number of ether oxygens (including phenoxy) is 2. The standard InChI is InChI=1S/C17H9F5N4O2/c18-16(19)27-13-6-10(4-11(7-13)15-14(8-23)24-26-25-15)9-2-1-3-12(5-9)28-17(20,21)22/h1-7,16H,(H,24,25,26). The van der Waals surface area contributed by atoms with Crippen LogP contribution in [0.4, 0.5) is 22.0 Å². The predicted octanol–water partition coefficient (Wildman–Crippen LogP) is 4.51. The van der Waals surface area contributed by atoms with E-state index in [0.717, 1.165) is 12.1 Å². The fraction of sp³-hybridized carbons (Fsp3) is 0.118. The second kappa shape index (κ2) is 7.51. The van der Waals surface area contributed by atoms with Crippen molar-refractivity contribution in [1.29, 1.82) is 5.26 Å². The zero-order valence-corrected chi connectivity index (χ0v) is 13.7. The van der Waals surface area contributed by atoms with Crippen molar-refractivity contribution < 1.29 is 31.4 Å². The van der Waals surface area contributed by atoms with Crippen LogP contribution in [0, 0.1) is 11.3 Å². The minimum atomic E-state index is -4.88. The van der Waals surface area contributed by atoms with Gasteiger partial charge in [-0.3, -0.25) is 0 Å². The average Bonchev–Trinajstić information content (AvgIpc) is 3.08. The molecule has 1 aromatic heterocycles. The number of rotatable bonds is 5. The van der Waals surface area contributed by atoms with Crippen LogP contribution in [-0.2, 0) is 0 Å². The molecular formula is C17H9F5N4O2. The van der Waals surface area contributed by atoms with E-state index < -0.39 is 18.7 Å². The fourth-order valence-electron chi connectivity index (χ4n) is 2.45. The molecule has 28 heavy (non-hydrogen) atoms. The molecule has 0 saturated carbocycles. The predicted molar refractivity (Wildman–Crippen MR) is 85.3 cm³/mol. The van der Waals surface area contributed by atoms with Crippen molar-refractivity contribution in [3.8, 4) is 40.0 Å². The van der Waals surface area contributed by atoms with E-state index in [1.165, 1.54) is 30.3 Å². The van der Waals surface area contributed by atoms with Crippen LogP contribution in [0.25, 0.3) is 22.4 Å². The number of aromatic amines is 1. The molecule has 0 amide bonds. The van der Waals surface area contributed by atoms with Gasteiger partial charge in [-0.05, 0) is 41.5 Å². The number of aromatic nitrogens is 3. The number of nitriles is 1. The third-order valence-electron chi connectivity index (χ3n) is 3.47. The number of hydrogen-bond acceptors (Lipinski definition) is 5. The largest absolute Gasteiger partial charge is 0.573 e. The molecule has 0 bridgehead atoms. The van der Waals surface area contributed by atoms with E-state index in [-0.39, 0.29) is 33.8 Å². The molecule has 0 aliphatic rings. The van der Waals surface area contributed by atoms with Gasteiger partial charge in [-0.1, -0.05) is 17.3 Å². The lowest BCUT2D eigenvalue weighted by molar-refractivity contribution is -0.274. The van der Waals surface area contributed by atoms with Gasteiger partial charge in [0.15, 0.2) is 5.69 Å². The molecule has 0 unspecified atom stereocenters. The van der Waals surface area contributed by atoms with Crippen molar-refractivity contribution in [2.24, 2.45) is 0 Å². The van der Waals surface area contributed by atoms with E-state index in [1.54, 1.807) is 0 Å². The lowest BCUT2D eigenvalue weighted by atomic mass is 10.0. The van der Waals surface area contributed by atoms with E-state index >= 15 is 0 Å². The quantitative estimate of drug-likeness (QED) is 0.642. The molecule has 0 aliphatic heterocycles. The molecular weight excluding hydrogens is 387 g/mol. The van der Waals surface area contributed by atoms with Crippen LogP contribution >= 0.6 is 0 Å². The molecule has 144 valence electrons. The number of alkyl halides is 5. The Balaban J connectivity index is 2.09. The summed E-state index contributed by atoms with van der Waals surface area (Å²) >= 11 is 0. The van der Waals surface area contributed by atoms with Crippen molar-refractivity contribution in [1.82, 2.24) is 15.4 Å². The number of hydrogen-bond donors (Lipinski definition) is 1. The van der Waals surface area contributed by atoms with Crippen LogP contribution in [0.5, 0.6) is 11.5 Å². The van der Waals surface area contributed by atoms with Gasteiger partial charge in [0.2, 0.25) is 0 Å². The Morgan fingerprint density at radius 3 is 2.39 bits per heavy atom. The molecule has 2 aromatic carbocycles. The Labute approximate surface area is 154 Å². The second-order valence-corrected chi connectivity index (χ2v) is 5.35. The summed E-state index contributed by atoms with van der Waals surface area (Å²) in [6.45, 7) is -3.13. The van der Waals surface area contributed by atoms with Gasteiger partial charge in [0.25, 0.3) is 0 Å². The number of nitrogens with zero attached hydrogens (tertiary/aromatic N) is 3. The van der Waals surface area contributed by atoms with Gasteiger partial charge in [0, 0.05) is 5.56 Å². The first-order chi connectivity index (χ1) is 13.2. The average molecular weight is 396 g/mol. The van der Waals surface area contributed by atoms with Crippen LogP contribution in [0.2, 0.25) is 0 Å². The monoisotopic (exact) mass is 396 g/mol. The van der Waals surface area contributed by atoms with Crippen LogP contribution in [-0.4, -0.2) is 28.4 Å². The summed E-state index contributed by atoms with van der Waals surface area (Å²) in [5.41, 5.74) is 0.749. The summed E-state index contributed by atoms with van der Waals surface area (Å²) < 4.78 is 71.0. The molecule has 0 radical (unpaired) electrons. The summed E-state index contributed by atoms with van der Waals surface area (Å²) in [4.78, 5) is 0. The first kappa shape index (κ1) is 19.1. The third kappa shape index (κ3) is 4.53. The smallest absolute Gasteiger partial charge is 0.435 e. The third-order valence-corrected chi connectivity index (χ3v) is 3.47. The molecule has 0 atom stereocenters. The van der Waals surface area contributed by atoms with Crippen molar-refractivity contribution in [2.45, 2.75) is 13.0 Å². The SMILES string of the molecule is N#Cc1[nH]nnc1-c1cc(OC(F)F)cc(-c2cccc(OC(F)(F)F)c2)c1. The lowest BCUT2D eigenvalue weighted by Crippen LogP contribution is -2.17. The number of benzene rings is 2. The summed E-state index contributed by atoms with van der Waals surface area (Å²) in [6.07, 6.45) is -4.88. The van der Waals surface area contributed by atoms with Gasteiger partial charge in [-0.15, -0.1) is 18.3 Å². The zero-order valence-electron chi connectivity index (χ0n) is 13.7. The van der Waals surface area contributed by atoms with Gasteiger partial charge in [-0.25, -0.2) is 5.10 Å². The van der Waals surface area contributed by atoms with Gasteiger partial charge >= 0.3 is 13.0 Å². The summed E-state index contributed by atoms with van der Waals surface area (Å²) in [7, 11) is 0. The van der Waals surface area contributed by atoms with E-state index in [2.05, 4.69) is 24.9 Å². The maximum absolute atomic E-state index is 12.7. The van der Waals surface area contributed by atoms with Crippen molar-refractivity contribution >= 4 is 0 Å². The molecule has 0 fully saturated rings. The molecule has 1 N–H and O–H groups in total. The van der Waals surface area contributed by atoms with E-state index in [9.17, 15) is 22.0 Å². The van der Waals surface area contributed by atoms with E-state index in [1.807, 2.05) is 6.07 Å². The molecule has 0 aliphatic carbocycles. The Morgan fingerprint density at radius 2 is 1.71 bits per heavy atom. The van der Waals surface area contributed by atoms with Crippen LogP contribution in [0.15, 0.2) is 42.5 Å². The van der Waals surface area contributed by atoms with Gasteiger partial charge in [0.05, 0.1) is 0 Å². The molecule has 1 heterocycles. The Kier molecular flexibility index (Phi) is 5.12. The summed E-state index contributed by atoms with van der Waals surface area (Å²) in [5.74, 6) is -0.748. The van der Waals surface area contributed by atoms with Crippen molar-refractivity contribution in [2.75, 3.05) is 0 Å². The minimum Gasteiger partial charge on any atom is -0.435 e. The number of nitrogens with one attached hydrogen (secondary N) is 1. The molecule has 6 nitrogen and oxygen atoms in total. The second-order valence-electron chi connectivity index (χ2n) is 5.35. The fourth-order valence-corrected chi connectivity index (χ4v) is 2.45. The zero-order chi connectivity index (χ0) is 20.3. The van der Waals surface area contributed by atoms with Crippen LogP contribution < -0.4 is 9.47 Å². The number of halogens is 5. The molecule has 3 aromatic rings. The molecule has 0 spiro atoms. The van der Waals surface area contributed by atoms with Gasteiger partial charge in [0.1, 0.15) is 23.3 Å². The molecule has 0 saturated heterocycles. The van der Waals surface area contributed by atoms with Gasteiger partial charge in [-0.2, -0.15) is 14.0 Å². The molecule has 3 rings (SSSR count). The lowest BCUT2D eigenvalue weighted by Gasteiger charge is -2.12. The summed E-state index contributed by atoms with van der Waals surface area (Å²) in [5, 5.41) is 18.6. The Hall–Kier alpha value is -3.68. The minimum absolute atomic E-state index is 0.0192. The van der Waals surface area contributed by atoms with Gasteiger partial charge < -0.3 is 9.47 Å². The highest BCUT2D eigenvalue weighted by Crippen LogP contribution is 2.34. The first-order valence-corrected chi connectivity index (χ1v) is 7.53. The van der Waals surface area contributed by atoms with Crippen LogP contribution in [0.1, 0.15) is 5.69 Å². The first-order valence-electron chi connectivity index (χ1n) is 7.53. The highest BCUT2D eigenvalue weighted by Gasteiger charge is 2.31. The normalized spacial score (nSPS) is 11.3. The maximum atomic E-state index is 12.7. The van der Waals surface area contributed by atoms with E-state index in [0.29, 0.717) is 0 Å². The highest BCUT2D eigenvalue weighted by molar-refractivity contribution is 5.75. The Bertz CT molecular complexity index is 1030. The van der Waals surface area contributed by atoms with Crippen LogP contribution in [0.3, 0.4) is 0 Å². The summed E-state index contributed by atoms with van der Waals surface area (Å²) in [6, 6.07) is 10.7. The Morgan fingerprint density at radius 1 is 1.00 bits per heavy atom. The maximum Gasteiger partial charge on any atom is 0.573 e. The van der Waals surface area contributed by atoms with E-state index in [4.69, 9.17) is 5.26 Å². The molecule has 11 heteroatoms. The van der Waals surface area contributed by atoms with Crippen molar-refractivity contribution in [3.05, 3.63) is 48.2 Å². The number of H-pyrrole nitrogens is 1. The topological polar surface area (TPSA) is 83.8 Å².